The molecule has 4 saturated carbocycles. The maximum Gasteiger partial charge on any atom is 0.308 e. The van der Waals surface area contributed by atoms with Crippen LogP contribution in [0, 0.1) is 28.1 Å². The van der Waals surface area contributed by atoms with Crippen molar-refractivity contribution in [3.8, 4) is 0 Å². The zero-order valence-electron chi connectivity index (χ0n) is 14.4. The molecule has 4 aliphatic carbocycles. The van der Waals surface area contributed by atoms with Crippen LogP contribution in [0.15, 0.2) is 0 Å². The smallest absolute Gasteiger partial charge is 0.308 e. The Bertz CT molecular complexity index is 539. The molecule has 1 heterocycles. The van der Waals surface area contributed by atoms with Gasteiger partial charge in [-0.25, -0.2) is 0 Å². The van der Waals surface area contributed by atoms with Crippen molar-refractivity contribution in [2.75, 3.05) is 13.1 Å². The molecule has 3 atom stereocenters. The zero-order valence-corrected chi connectivity index (χ0v) is 14.4. The molecule has 1 aliphatic heterocycles. The van der Waals surface area contributed by atoms with Crippen molar-refractivity contribution in [1.82, 2.24) is 4.90 Å². The van der Waals surface area contributed by atoms with Gasteiger partial charge in [-0.2, -0.15) is 0 Å². The van der Waals surface area contributed by atoms with Crippen LogP contribution in [0.2, 0.25) is 0 Å². The number of carboxylic acid groups (broad SMARTS) is 1. The third kappa shape index (κ3) is 2.40. The first-order chi connectivity index (χ1) is 10.7. The first kappa shape index (κ1) is 15.5. The first-order valence-corrected chi connectivity index (χ1v) is 9.25. The summed E-state index contributed by atoms with van der Waals surface area (Å²) in [6.45, 7) is 5.94. The summed E-state index contributed by atoms with van der Waals surface area (Å²) in [5, 5.41) is 9.32. The molecule has 1 amide bonds. The second-order valence-corrected chi connectivity index (χ2v) is 9.84. The van der Waals surface area contributed by atoms with E-state index in [0.29, 0.717) is 29.7 Å². The summed E-state index contributed by atoms with van der Waals surface area (Å²) in [7, 11) is 0. The monoisotopic (exact) mass is 319 g/mol. The van der Waals surface area contributed by atoms with E-state index >= 15 is 0 Å². The lowest BCUT2D eigenvalue weighted by atomic mass is 9.40. The van der Waals surface area contributed by atoms with Gasteiger partial charge in [0.25, 0.3) is 0 Å². The maximum absolute atomic E-state index is 13.4. The van der Waals surface area contributed by atoms with Crippen LogP contribution in [-0.2, 0) is 9.59 Å². The Kier molecular flexibility index (Phi) is 3.18. The van der Waals surface area contributed by atoms with Crippen LogP contribution in [0.25, 0.3) is 0 Å². The quantitative estimate of drug-likeness (QED) is 0.849. The molecule has 1 N–H and O–H groups in total. The Hall–Kier alpha value is -1.06. The van der Waals surface area contributed by atoms with E-state index in [9.17, 15) is 14.7 Å². The minimum Gasteiger partial charge on any atom is -0.481 e. The summed E-state index contributed by atoms with van der Waals surface area (Å²) in [5.41, 5.74) is 0.459. The molecule has 0 spiro atoms. The summed E-state index contributed by atoms with van der Waals surface area (Å²) in [6, 6.07) is 0. The Morgan fingerprint density at radius 2 is 1.70 bits per heavy atom. The molecule has 5 fully saturated rings. The average Bonchev–Trinajstić information content (AvgIpc) is 2.42. The van der Waals surface area contributed by atoms with Gasteiger partial charge in [-0.3, -0.25) is 9.59 Å². The Balaban J connectivity index is 1.59. The Morgan fingerprint density at radius 1 is 1.04 bits per heavy atom. The molecule has 0 aromatic carbocycles. The van der Waals surface area contributed by atoms with Gasteiger partial charge in [-0.1, -0.05) is 13.8 Å². The molecule has 4 nitrogen and oxygen atoms in total. The molecule has 4 bridgehead atoms. The summed E-state index contributed by atoms with van der Waals surface area (Å²) < 4.78 is 0. The van der Waals surface area contributed by atoms with Crippen LogP contribution in [0.3, 0.4) is 0 Å². The van der Waals surface area contributed by atoms with E-state index in [2.05, 4.69) is 13.8 Å². The number of carboxylic acids is 1. The lowest BCUT2D eigenvalue weighted by Gasteiger charge is -2.65. The number of hydrogen-bond acceptors (Lipinski definition) is 2. The van der Waals surface area contributed by atoms with Crippen LogP contribution < -0.4 is 0 Å². The molecule has 4 heteroatoms. The lowest BCUT2D eigenvalue weighted by molar-refractivity contribution is -0.181. The minimum absolute atomic E-state index is 0.191. The SMILES string of the molecule is CC12CC3CC(C)(C1)CC(C(=O)N1CCCC(C(=O)O)C1)(C3)C2. The topological polar surface area (TPSA) is 57.6 Å². The molecule has 1 saturated heterocycles. The molecular formula is C19H29NO3. The summed E-state index contributed by atoms with van der Waals surface area (Å²) in [5.74, 6) is -0.130. The van der Waals surface area contributed by atoms with Crippen LogP contribution in [-0.4, -0.2) is 35.0 Å². The molecular weight excluding hydrogens is 290 g/mol. The van der Waals surface area contributed by atoms with Crippen molar-refractivity contribution in [2.24, 2.45) is 28.1 Å². The van der Waals surface area contributed by atoms with Gasteiger partial charge in [-0.05, 0) is 68.1 Å². The maximum atomic E-state index is 13.4. The molecule has 128 valence electrons. The van der Waals surface area contributed by atoms with E-state index < -0.39 is 5.97 Å². The van der Waals surface area contributed by atoms with Crippen molar-refractivity contribution in [3.63, 3.8) is 0 Å². The summed E-state index contributed by atoms with van der Waals surface area (Å²) in [4.78, 5) is 26.7. The Labute approximate surface area is 138 Å². The Morgan fingerprint density at radius 3 is 2.26 bits per heavy atom. The second-order valence-electron chi connectivity index (χ2n) is 9.84. The highest BCUT2D eigenvalue weighted by Crippen LogP contribution is 2.69. The highest BCUT2D eigenvalue weighted by Gasteiger charge is 2.63. The molecule has 5 aliphatic rings. The molecule has 0 radical (unpaired) electrons. The van der Waals surface area contributed by atoms with Gasteiger partial charge in [0.2, 0.25) is 5.91 Å². The predicted octanol–water partition coefficient (Wildman–Crippen LogP) is 3.31. The van der Waals surface area contributed by atoms with Crippen molar-refractivity contribution in [2.45, 2.75) is 65.2 Å². The van der Waals surface area contributed by atoms with Gasteiger partial charge in [0.1, 0.15) is 0 Å². The molecule has 5 rings (SSSR count). The van der Waals surface area contributed by atoms with E-state index in [1.165, 1.54) is 19.3 Å². The van der Waals surface area contributed by atoms with E-state index in [4.69, 9.17) is 0 Å². The highest BCUT2D eigenvalue weighted by atomic mass is 16.4. The van der Waals surface area contributed by atoms with Crippen LogP contribution in [0.5, 0.6) is 0 Å². The molecule has 0 aromatic rings. The van der Waals surface area contributed by atoms with Gasteiger partial charge in [0, 0.05) is 13.1 Å². The van der Waals surface area contributed by atoms with Crippen LogP contribution in [0.1, 0.15) is 65.2 Å². The van der Waals surface area contributed by atoms with Gasteiger partial charge in [-0.15, -0.1) is 0 Å². The lowest BCUT2D eigenvalue weighted by Crippen LogP contribution is -2.61. The highest BCUT2D eigenvalue weighted by molar-refractivity contribution is 5.84. The third-order valence-corrected chi connectivity index (χ3v) is 7.14. The number of carbonyl (C=O) groups is 2. The fourth-order valence-electron chi connectivity index (χ4n) is 7.38. The van der Waals surface area contributed by atoms with Crippen LogP contribution in [0.4, 0.5) is 0 Å². The van der Waals surface area contributed by atoms with Gasteiger partial charge in [0.15, 0.2) is 0 Å². The normalized spacial score (nSPS) is 48.5. The number of piperidine rings is 1. The number of carbonyl (C=O) groups excluding carboxylic acids is 1. The van der Waals surface area contributed by atoms with Gasteiger partial charge >= 0.3 is 5.97 Å². The fraction of sp³-hybridized carbons (Fsp3) is 0.895. The van der Waals surface area contributed by atoms with Crippen molar-refractivity contribution in [1.29, 1.82) is 0 Å². The number of hydrogen-bond donors (Lipinski definition) is 1. The van der Waals surface area contributed by atoms with Crippen molar-refractivity contribution < 1.29 is 14.7 Å². The summed E-state index contributed by atoms with van der Waals surface area (Å²) >= 11 is 0. The van der Waals surface area contributed by atoms with Gasteiger partial charge < -0.3 is 10.0 Å². The fourth-order valence-corrected chi connectivity index (χ4v) is 7.38. The van der Waals surface area contributed by atoms with E-state index in [0.717, 1.165) is 32.2 Å². The van der Waals surface area contributed by atoms with Crippen LogP contribution >= 0.6 is 0 Å². The van der Waals surface area contributed by atoms with E-state index in [1.54, 1.807) is 0 Å². The largest absolute Gasteiger partial charge is 0.481 e. The predicted molar refractivity (Wildman–Crippen MR) is 86.8 cm³/mol. The second kappa shape index (κ2) is 4.73. The third-order valence-electron chi connectivity index (χ3n) is 7.14. The van der Waals surface area contributed by atoms with Crippen molar-refractivity contribution >= 4 is 11.9 Å². The van der Waals surface area contributed by atoms with Gasteiger partial charge in [0.05, 0.1) is 11.3 Å². The van der Waals surface area contributed by atoms with Crippen molar-refractivity contribution in [3.05, 3.63) is 0 Å². The molecule has 23 heavy (non-hydrogen) atoms. The van der Waals surface area contributed by atoms with E-state index in [1.807, 2.05) is 4.90 Å². The number of aliphatic carboxylic acids is 1. The average molecular weight is 319 g/mol. The number of rotatable bonds is 2. The summed E-state index contributed by atoms with van der Waals surface area (Å²) in [6.07, 6.45) is 8.48. The molecule has 0 aromatic heterocycles. The minimum atomic E-state index is -0.744. The zero-order chi connectivity index (χ0) is 16.5. The first-order valence-electron chi connectivity index (χ1n) is 9.25. The number of nitrogens with zero attached hydrogens (tertiary/aromatic N) is 1. The number of likely N-dealkylation sites (tertiary alicyclic amines) is 1. The number of amides is 1. The molecule has 3 unspecified atom stereocenters. The van der Waals surface area contributed by atoms with E-state index in [-0.39, 0.29) is 17.2 Å². The standard InChI is InChI=1S/C19H29NO3/c1-17-6-13-7-18(2,10-17)12-19(8-13,11-17)16(23)20-5-3-4-14(9-20)15(21)22/h13-14H,3-12H2,1-2H3,(H,21,22).